The predicted octanol–water partition coefficient (Wildman–Crippen LogP) is 5.98. The average molecular weight is 718 g/mol. The van der Waals surface area contributed by atoms with Gasteiger partial charge in [0.1, 0.15) is 24.4 Å². The van der Waals surface area contributed by atoms with Crippen LogP contribution >= 0.6 is 0 Å². The summed E-state index contributed by atoms with van der Waals surface area (Å²) in [4.78, 5) is 25.1. The fraction of sp³-hybridized carbons (Fsp3) is 0.949. The van der Waals surface area contributed by atoms with Gasteiger partial charge in [0.2, 0.25) is 5.91 Å². The lowest BCUT2D eigenvalue weighted by Crippen LogP contribution is -2.61. The Bertz CT molecular complexity index is 833. The SMILES string of the molecule is CCCCCCCCCCCCCCC[C@@H](O)[C@H](CO[C@H]1O[C@H](C(=O)OC)[C@@H](O)[C@H](O)[C@H]1O)NC(=O)[C@@H](O)CCCCCCCCCCCC. The number of ether oxygens (including phenoxy) is 3. The van der Waals surface area contributed by atoms with Crippen molar-refractivity contribution in [1.29, 1.82) is 0 Å². The van der Waals surface area contributed by atoms with E-state index in [-0.39, 0.29) is 6.61 Å². The Balaban J connectivity index is 2.57. The molecular formula is C39H75NO10. The summed E-state index contributed by atoms with van der Waals surface area (Å²) in [5, 5.41) is 55.3. The number of esters is 1. The van der Waals surface area contributed by atoms with E-state index in [1.165, 1.54) is 96.3 Å². The van der Waals surface area contributed by atoms with Gasteiger partial charge in [0, 0.05) is 0 Å². The van der Waals surface area contributed by atoms with Crippen LogP contribution in [0.3, 0.4) is 0 Å². The molecule has 1 amide bonds. The highest BCUT2D eigenvalue weighted by molar-refractivity contribution is 5.80. The second-order valence-corrected chi connectivity index (χ2v) is 14.5. The lowest BCUT2D eigenvalue weighted by atomic mass is 9.98. The minimum absolute atomic E-state index is 0.306. The third-order valence-corrected chi connectivity index (χ3v) is 9.97. The summed E-state index contributed by atoms with van der Waals surface area (Å²) < 4.78 is 15.7. The summed E-state index contributed by atoms with van der Waals surface area (Å²) in [6, 6.07) is -0.946. The van der Waals surface area contributed by atoms with Gasteiger partial charge in [-0.2, -0.15) is 0 Å². The predicted molar refractivity (Wildman–Crippen MR) is 195 cm³/mol. The number of amides is 1. The van der Waals surface area contributed by atoms with E-state index in [9.17, 15) is 35.1 Å². The van der Waals surface area contributed by atoms with Crippen molar-refractivity contribution in [3.63, 3.8) is 0 Å². The second-order valence-electron chi connectivity index (χ2n) is 14.5. The van der Waals surface area contributed by atoms with Gasteiger partial charge >= 0.3 is 5.97 Å². The molecule has 0 aromatic heterocycles. The van der Waals surface area contributed by atoms with Crippen LogP contribution in [0.2, 0.25) is 0 Å². The zero-order valence-corrected chi connectivity index (χ0v) is 31.8. The maximum absolute atomic E-state index is 13.0. The van der Waals surface area contributed by atoms with Crippen molar-refractivity contribution in [1.82, 2.24) is 5.32 Å². The van der Waals surface area contributed by atoms with Crippen LogP contribution in [0.4, 0.5) is 0 Å². The van der Waals surface area contributed by atoms with Crippen molar-refractivity contribution < 1.29 is 49.3 Å². The van der Waals surface area contributed by atoms with Gasteiger partial charge in [-0.3, -0.25) is 4.79 Å². The lowest BCUT2D eigenvalue weighted by molar-refractivity contribution is -0.296. The van der Waals surface area contributed by atoms with Gasteiger partial charge in [-0.1, -0.05) is 162 Å². The van der Waals surface area contributed by atoms with Gasteiger partial charge in [0.15, 0.2) is 12.4 Å². The molecule has 0 unspecified atom stereocenters. The smallest absolute Gasteiger partial charge is 0.337 e. The molecule has 1 heterocycles. The van der Waals surface area contributed by atoms with E-state index in [4.69, 9.17) is 9.47 Å². The molecule has 1 saturated heterocycles. The Hall–Kier alpha value is -1.34. The number of methoxy groups -OCH3 is 1. The first-order chi connectivity index (χ1) is 24.2. The maximum atomic E-state index is 13.0. The van der Waals surface area contributed by atoms with E-state index >= 15 is 0 Å². The summed E-state index contributed by atoms with van der Waals surface area (Å²) in [6.07, 6.45) is 17.2. The number of hydrogen-bond donors (Lipinski definition) is 6. The van der Waals surface area contributed by atoms with Gasteiger partial charge in [-0.05, 0) is 12.8 Å². The highest BCUT2D eigenvalue weighted by atomic mass is 16.7. The van der Waals surface area contributed by atoms with E-state index in [2.05, 4.69) is 23.9 Å². The first-order valence-electron chi connectivity index (χ1n) is 20.2. The summed E-state index contributed by atoms with van der Waals surface area (Å²) in [7, 11) is 1.10. The molecule has 0 aliphatic carbocycles. The van der Waals surface area contributed by atoms with Crippen molar-refractivity contribution in [2.75, 3.05) is 13.7 Å². The Labute approximate surface area is 303 Å². The zero-order valence-electron chi connectivity index (χ0n) is 31.8. The molecule has 0 saturated carbocycles. The number of aliphatic hydroxyl groups is 5. The number of unbranched alkanes of at least 4 members (excludes halogenated alkanes) is 21. The van der Waals surface area contributed by atoms with Crippen LogP contribution < -0.4 is 5.32 Å². The average Bonchev–Trinajstić information content (AvgIpc) is 3.11. The lowest BCUT2D eigenvalue weighted by Gasteiger charge is -2.39. The fourth-order valence-corrected chi connectivity index (χ4v) is 6.55. The number of carbonyl (C=O) groups is 2. The molecule has 1 aliphatic rings. The third kappa shape index (κ3) is 20.6. The van der Waals surface area contributed by atoms with Gasteiger partial charge in [-0.25, -0.2) is 4.79 Å². The van der Waals surface area contributed by atoms with Crippen molar-refractivity contribution in [2.45, 2.75) is 223 Å². The van der Waals surface area contributed by atoms with Crippen molar-refractivity contribution in [3.05, 3.63) is 0 Å². The molecule has 0 bridgehead atoms. The highest BCUT2D eigenvalue weighted by Gasteiger charge is 2.48. The maximum Gasteiger partial charge on any atom is 0.337 e. The van der Waals surface area contributed by atoms with Gasteiger partial charge in [0.05, 0.1) is 25.9 Å². The standard InChI is InChI=1S/C39H75NO10/c1-4-6-8-10-12-14-16-17-18-20-21-23-25-27-31(41)30(29-49-39-35(45)33(43)34(44)36(50-39)38(47)48-3)40-37(46)32(42)28-26-24-22-19-15-13-11-9-7-5-2/h30-36,39,41-45H,4-29H2,1-3H3,(H,40,46)/t30-,31+,32-,33-,34-,35+,36-,39-/m0/s1. The Morgan fingerprint density at radius 1 is 0.620 bits per heavy atom. The van der Waals surface area contributed by atoms with Crippen LogP contribution in [-0.4, -0.2) is 100 Å². The molecule has 11 heteroatoms. The van der Waals surface area contributed by atoms with E-state index in [1.54, 1.807) is 0 Å². The molecule has 1 rings (SSSR count). The molecular weight excluding hydrogens is 642 g/mol. The topological polar surface area (TPSA) is 175 Å². The summed E-state index contributed by atoms with van der Waals surface area (Å²) in [5.41, 5.74) is 0. The Morgan fingerprint density at radius 2 is 1.04 bits per heavy atom. The van der Waals surface area contributed by atoms with Crippen LogP contribution in [0.25, 0.3) is 0 Å². The molecule has 0 aromatic carbocycles. The van der Waals surface area contributed by atoms with E-state index < -0.39 is 60.8 Å². The van der Waals surface area contributed by atoms with E-state index in [0.29, 0.717) is 19.3 Å². The van der Waals surface area contributed by atoms with Crippen LogP contribution in [0, 0.1) is 0 Å². The normalized spacial score (nSPS) is 22.6. The quantitative estimate of drug-likeness (QED) is 0.0359. The summed E-state index contributed by atoms with van der Waals surface area (Å²) in [6.45, 7) is 4.13. The molecule has 0 aromatic rings. The summed E-state index contributed by atoms with van der Waals surface area (Å²) in [5.74, 6) is -1.56. The van der Waals surface area contributed by atoms with Crippen molar-refractivity contribution in [2.24, 2.45) is 0 Å². The number of rotatable bonds is 32. The molecule has 6 N–H and O–H groups in total. The van der Waals surface area contributed by atoms with Crippen LogP contribution in [0.1, 0.15) is 174 Å². The van der Waals surface area contributed by atoms with Gasteiger partial charge < -0.3 is 45.1 Å². The third-order valence-electron chi connectivity index (χ3n) is 9.97. The molecule has 1 fully saturated rings. The number of hydrogen-bond acceptors (Lipinski definition) is 10. The molecule has 296 valence electrons. The molecule has 0 radical (unpaired) electrons. The molecule has 50 heavy (non-hydrogen) atoms. The largest absolute Gasteiger partial charge is 0.467 e. The van der Waals surface area contributed by atoms with Crippen LogP contribution in [0.5, 0.6) is 0 Å². The van der Waals surface area contributed by atoms with Gasteiger partial charge in [-0.15, -0.1) is 0 Å². The Morgan fingerprint density at radius 3 is 1.48 bits per heavy atom. The molecule has 8 atom stereocenters. The van der Waals surface area contributed by atoms with E-state index in [0.717, 1.165) is 52.1 Å². The number of aliphatic hydroxyl groups excluding tert-OH is 5. The monoisotopic (exact) mass is 718 g/mol. The first-order valence-corrected chi connectivity index (χ1v) is 20.2. The number of carbonyl (C=O) groups excluding carboxylic acids is 2. The second kappa shape index (κ2) is 30.2. The summed E-state index contributed by atoms with van der Waals surface area (Å²) >= 11 is 0. The minimum atomic E-state index is -1.75. The van der Waals surface area contributed by atoms with E-state index in [1.807, 2.05) is 0 Å². The Kier molecular flexibility index (Phi) is 28.2. The minimum Gasteiger partial charge on any atom is -0.467 e. The molecule has 11 nitrogen and oxygen atoms in total. The first kappa shape index (κ1) is 46.7. The van der Waals surface area contributed by atoms with Crippen molar-refractivity contribution in [3.8, 4) is 0 Å². The van der Waals surface area contributed by atoms with Crippen molar-refractivity contribution >= 4 is 11.9 Å². The molecule has 0 spiro atoms. The van der Waals surface area contributed by atoms with Crippen LogP contribution in [0.15, 0.2) is 0 Å². The zero-order chi connectivity index (χ0) is 37.0. The van der Waals surface area contributed by atoms with Crippen LogP contribution in [-0.2, 0) is 23.8 Å². The number of nitrogens with one attached hydrogen (secondary N) is 1. The fourth-order valence-electron chi connectivity index (χ4n) is 6.55. The molecule has 1 aliphatic heterocycles. The van der Waals surface area contributed by atoms with Gasteiger partial charge in [0.25, 0.3) is 0 Å². The highest BCUT2D eigenvalue weighted by Crippen LogP contribution is 2.24.